The van der Waals surface area contributed by atoms with Crippen molar-refractivity contribution in [3.8, 4) is 0 Å². The van der Waals surface area contributed by atoms with Gasteiger partial charge < -0.3 is 30.1 Å². The average molecular weight is 701 g/mol. The molecule has 4 aliphatic rings. The zero-order valence-corrected chi connectivity index (χ0v) is 32.4. The molecule has 0 aromatic carbocycles. The van der Waals surface area contributed by atoms with Gasteiger partial charge >= 0.3 is 35.0 Å². The Labute approximate surface area is 315 Å². The van der Waals surface area contributed by atoms with E-state index in [4.69, 9.17) is 30.1 Å². The van der Waals surface area contributed by atoms with Crippen LogP contribution in [0.3, 0.4) is 0 Å². The Morgan fingerprint density at radius 3 is 2.14 bits per heavy atom. The van der Waals surface area contributed by atoms with Crippen LogP contribution < -0.4 is 9.97 Å². The number of ketones is 2. The Morgan fingerprint density at radius 2 is 1.49 bits per heavy atom. The van der Waals surface area contributed by atoms with Crippen LogP contribution >= 0.6 is 0 Å². The Bertz CT molecular complexity index is 1970. The summed E-state index contributed by atoms with van der Waals surface area (Å²) in [7, 11) is 1.27. The van der Waals surface area contributed by atoms with Crippen LogP contribution in [0.25, 0.3) is 34.4 Å². The fraction of sp³-hybridized carbons (Fsp3) is 0.450. The summed E-state index contributed by atoms with van der Waals surface area (Å²) < 4.78 is 10.7. The molecule has 3 aliphatic heterocycles. The maximum Gasteiger partial charge on any atom is 2.00 e. The van der Waals surface area contributed by atoms with Crippen LogP contribution in [0.2, 0.25) is 0 Å². The first-order valence-electron chi connectivity index (χ1n) is 17.4. The molecular weight excluding hydrogens is 657 g/mol. The van der Waals surface area contributed by atoms with Gasteiger partial charge in [0.15, 0.2) is 11.6 Å². The van der Waals surface area contributed by atoms with Gasteiger partial charge in [-0.3, -0.25) is 19.2 Å². The molecule has 51 heavy (non-hydrogen) atoms. The Kier molecular flexibility index (Phi) is 11.1. The second kappa shape index (κ2) is 14.9. The van der Waals surface area contributed by atoms with Crippen molar-refractivity contribution in [1.29, 1.82) is 0 Å². The van der Waals surface area contributed by atoms with Gasteiger partial charge in [-0.25, -0.2) is 0 Å². The van der Waals surface area contributed by atoms with E-state index in [1.54, 1.807) is 6.92 Å². The summed E-state index contributed by atoms with van der Waals surface area (Å²) in [4.78, 5) is 63.5. The molecule has 0 spiro atoms. The molecule has 0 amide bonds. The smallest absolute Gasteiger partial charge is 0.664 e. The van der Waals surface area contributed by atoms with Gasteiger partial charge in [-0.05, 0) is 70.8 Å². The van der Waals surface area contributed by atoms with E-state index >= 15 is 0 Å². The number of Topliss-reactive ketones (excluding diaryl/α,β-unsaturated/α-hetero) is 2. The molecule has 264 valence electrons. The number of fused-ring (bicyclic) bond motifs is 7. The molecule has 5 heterocycles. The predicted octanol–water partition coefficient (Wildman–Crippen LogP) is 7.45. The molecule has 5 unspecified atom stereocenters. The van der Waals surface area contributed by atoms with E-state index in [1.165, 1.54) is 7.11 Å². The zero-order valence-electron chi connectivity index (χ0n) is 31.0. The quantitative estimate of drug-likeness (QED) is 0.0908. The van der Waals surface area contributed by atoms with Crippen LogP contribution in [-0.2, 0) is 19.1 Å². The monoisotopic (exact) mass is 700 g/mol. The van der Waals surface area contributed by atoms with Crippen molar-refractivity contribution >= 4 is 70.4 Å². The van der Waals surface area contributed by atoms with Gasteiger partial charge in [-0.15, -0.1) is 22.8 Å². The largest absolute Gasteiger partial charge is 2.00 e. The van der Waals surface area contributed by atoms with Crippen LogP contribution in [0.5, 0.6) is 0 Å². The number of allylic oxidation sites excluding steroid dienone is 5. The fourth-order valence-corrected chi connectivity index (χ4v) is 7.81. The van der Waals surface area contributed by atoms with Crippen molar-refractivity contribution in [2.75, 3.05) is 13.7 Å². The molecule has 10 nitrogen and oxygen atoms in total. The Balaban J connectivity index is 0.00000504. The van der Waals surface area contributed by atoms with Crippen molar-refractivity contribution in [2.45, 2.75) is 74.7 Å². The molecule has 0 saturated carbocycles. The topological polar surface area (TPSA) is 143 Å². The molecule has 0 radical (unpaired) electrons. The van der Waals surface area contributed by atoms with Gasteiger partial charge in [0, 0.05) is 17.5 Å². The Hall–Kier alpha value is -4.09. The summed E-state index contributed by atoms with van der Waals surface area (Å²) >= 11 is 0. The van der Waals surface area contributed by atoms with Crippen molar-refractivity contribution in [1.82, 2.24) is 9.97 Å². The second-order valence-corrected chi connectivity index (χ2v) is 14.0. The van der Waals surface area contributed by atoms with Crippen molar-refractivity contribution in [3.05, 3.63) is 90.1 Å². The number of hydrogen-bond acceptors (Lipinski definition) is 6. The van der Waals surface area contributed by atoms with E-state index in [2.05, 4.69) is 13.8 Å². The van der Waals surface area contributed by atoms with Crippen molar-refractivity contribution in [2.24, 2.45) is 29.6 Å². The average Bonchev–Trinajstić information content (AvgIpc) is 3.80. The van der Waals surface area contributed by atoms with Gasteiger partial charge in [0.05, 0.1) is 7.11 Å². The third-order valence-electron chi connectivity index (χ3n) is 10.7. The first kappa shape index (κ1) is 38.1. The molecule has 1 aliphatic carbocycles. The number of carbonyl (C=O) groups is 4. The van der Waals surface area contributed by atoms with Gasteiger partial charge in [-0.2, -0.15) is 22.8 Å². The van der Waals surface area contributed by atoms with E-state index in [-0.39, 0.29) is 77.3 Å². The number of aromatic nitrogens is 2. The van der Waals surface area contributed by atoms with Gasteiger partial charge in [0.1, 0.15) is 12.5 Å². The summed E-state index contributed by atoms with van der Waals surface area (Å²) in [6, 6.07) is 0. The molecule has 8 bridgehead atoms. The summed E-state index contributed by atoms with van der Waals surface area (Å²) in [5.41, 5.74) is 8.84. The first-order valence-corrected chi connectivity index (χ1v) is 17.4. The predicted molar refractivity (Wildman–Crippen MR) is 197 cm³/mol. The standard InChI is InChI=1S/C40H46N4O6.Mg/c1-10-24-19(4)26-17-31-33(23(8)45)21(6)28(42-31)15-27-20(5)25(11-12-32(46)50-14-13-18(2)3)37(43-27)35-36(40(48)49-9)39(47)34-22(7)29(44-38(34)35)16-30(24)41-26;/h13,15-17,19-20,24-25,36H,10-12,14H2,1-9H3,(H2-2,41,42,43,44,45,47);/q-2;+2/p-2/b27-15-,30-16-;. The number of ether oxygens (including phenoxy) is 2. The molecule has 2 aromatic heterocycles. The number of esters is 2. The number of methoxy groups -OCH3 is 1. The molecule has 11 heteroatoms. The molecule has 2 fully saturated rings. The van der Waals surface area contributed by atoms with Crippen molar-refractivity contribution < 1.29 is 28.7 Å². The molecule has 2 aromatic rings. The van der Waals surface area contributed by atoms with E-state index in [9.17, 15) is 19.2 Å². The van der Waals surface area contributed by atoms with E-state index in [0.717, 1.165) is 29.0 Å². The van der Waals surface area contributed by atoms with Crippen molar-refractivity contribution in [3.63, 3.8) is 0 Å². The molecule has 5 atom stereocenters. The third kappa shape index (κ3) is 6.70. The third-order valence-corrected chi connectivity index (χ3v) is 10.7. The number of carbonyl (C=O) groups excluding carboxylic acids is 4. The molecule has 6 rings (SSSR count). The van der Waals surface area contributed by atoms with Crippen LogP contribution in [0, 0.1) is 43.4 Å². The van der Waals surface area contributed by atoms with Crippen LogP contribution in [0.15, 0.2) is 34.4 Å². The van der Waals surface area contributed by atoms with E-state index < -0.39 is 11.9 Å². The van der Waals surface area contributed by atoms with Crippen LogP contribution in [0.1, 0.15) is 115 Å². The molecule has 0 N–H and O–H groups in total. The minimum absolute atomic E-state index is 0. The number of rotatable bonds is 8. The van der Waals surface area contributed by atoms with Crippen LogP contribution in [0.4, 0.5) is 0 Å². The van der Waals surface area contributed by atoms with Gasteiger partial charge in [0.25, 0.3) is 0 Å². The van der Waals surface area contributed by atoms with Crippen LogP contribution in [-0.4, -0.2) is 60.3 Å². The summed E-state index contributed by atoms with van der Waals surface area (Å²) in [5, 5.41) is 10.2. The zero-order chi connectivity index (χ0) is 36.2. The summed E-state index contributed by atoms with van der Waals surface area (Å²) in [6.45, 7) is 15.6. The van der Waals surface area contributed by atoms with E-state index in [0.29, 0.717) is 62.9 Å². The normalized spacial score (nSPS) is 27.5. The first-order chi connectivity index (χ1) is 23.8. The minimum Gasteiger partial charge on any atom is -0.664 e. The number of nitrogens with zero attached hydrogens (tertiary/aromatic N) is 4. The summed E-state index contributed by atoms with van der Waals surface area (Å²) in [6.07, 6.45) is 8.88. The molecule has 2 saturated heterocycles. The Morgan fingerprint density at radius 1 is 0.863 bits per heavy atom. The maximum atomic E-state index is 14.2. The van der Waals surface area contributed by atoms with E-state index in [1.807, 2.05) is 58.9 Å². The minimum atomic E-state index is -1.24. The maximum absolute atomic E-state index is 14.2. The fourth-order valence-electron chi connectivity index (χ4n) is 7.81. The SMILES string of the molecule is CCC1/C2=C/c3[n-]c4c(c3C)C(=O)C(C(=O)OC)/C4=C3/[N-]/C(=C\c4[n-]c(c(C(C)=O)c4C)/C=C(\[N-]2)C1C)C(C)C3CCC(=O)OCC=C(C)C.[Mg+2]. The summed E-state index contributed by atoms with van der Waals surface area (Å²) in [5.74, 6) is -3.18. The molecular formula is C40H44MgN4O6-2. The number of hydrogen-bond donors (Lipinski definition) is 0. The second-order valence-electron chi connectivity index (χ2n) is 14.0. The van der Waals surface area contributed by atoms with Gasteiger partial charge in [-0.1, -0.05) is 67.7 Å². The van der Waals surface area contributed by atoms with Gasteiger partial charge in [0.2, 0.25) is 0 Å².